The molecule has 0 fully saturated rings. The van der Waals surface area contributed by atoms with Gasteiger partial charge in [0.1, 0.15) is 6.10 Å². The first-order chi connectivity index (χ1) is 8.88. The van der Waals surface area contributed by atoms with Crippen molar-refractivity contribution in [2.45, 2.75) is 33.8 Å². The van der Waals surface area contributed by atoms with Gasteiger partial charge in [-0.05, 0) is 22.3 Å². The summed E-state index contributed by atoms with van der Waals surface area (Å²) in [7, 11) is 0. The summed E-state index contributed by atoms with van der Waals surface area (Å²) in [6, 6.07) is 16.0. The molecule has 1 aliphatic rings. The average molecular weight is 242 g/mol. The van der Waals surface area contributed by atoms with Gasteiger partial charge in [0.25, 0.3) is 0 Å². The fraction of sp³-hybridized carbons (Fsp3) is 0.294. The number of hydrogen-bond donors (Lipinski definition) is 1. The highest BCUT2D eigenvalue weighted by Crippen LogP contribution is 2.42. The summed E-state index contributed by atoms with van der Waals surface area (Å²) in [6.07, 6.45) is -0.442. The highest BCUT2D eigenvalue weighted by molar-refractivity contribution is 5.77. The Morgan fingerprint density at radius 2 is 1.00 bits per heavy atom. The SMILES string of the molecule is CC.CC.OC1c2ccccc2-c2ccccc21. The maximum Gasteiger partial charge on any atom is 0.105 e. The van der Waals surface area contributed by atoms with Crippen molar-refractivity contribution in [2.24, 2.45) is 0 Å². The molecule has 0 spiro atoms. The number of benzene rings is 2. The first kappa shape index (κ1) is 14.5. The molecule has 0 heterocycles. The summed E-state index contributed by atoms with van der Waals surface area (Å²) in [5.74, 6) is 0. The third-order valence-electron chi connectivity index (χ3n) is 2.80. The molecule has 0 aromatic heterocycles. The van der Waals surface area contributed by atoms with E-state index in [4.69, 9.17) is 0 Å². The third-order valence-corrected chi connectivity index (χ3v) is 2.80. The molecule has 1 heteroatoms. The summed E-state index contributed by atoms with van der Waals surface area (Å²) >= 11 is 0. The van der Waals surface area contributed by atoms with Gasteiger partial charge in [0.05, 0.1) is 0 Å². The van der Waals surface area contributed by atoms with E-state index in [1.807, 2.05) is 64.1 Å². The molecule has 0 radical (unpaired) electrons. The van der Waals surface area contributed by atoms with Crippen LogP contribution in [0, 0.1) is 0 Å². The molecule has 3 rings (SSSR count). The normalized spacial score (nSPS) is 11.4. The van der Waals surface area contributed by atoms with Crippen molar-refractivity contribution >= 4 is 0 Å². The Bertz CT molecular complexity index is 443. The van der Waals surface area contributed by atoms with E-state index in [1.54, 1.807) is 0 Å². The highest BCUT2D eigenvalue weighted by atomic mass is 16.3. The van der Waals surface area contributed by atoms with Crippen molar-refractivity contribution in [2.75, 3.05) is 0 Å². The van der Waals surface area contributed by atoms with Gasteiger partial charge in [0, 0.05) is 0 Å². The van der Waals surface area contributed by atoms with Crippen molar-refractivity contribution in [1.29, 1.82) is 0 Å². The van der Waals surface area contributed by atoms with E-state index in [1.165, 1.54) is 0 Å². The molecule has 0 atom stereocenters. The molecule has 0 amide bonds. The fourth-order valence-corrected chi connectivity index (χ4v) is 2.13. The van der Waals surface area contributed by atoms with Crippen LogP contribution in [0.25, 0.3) is 11.1 Å². The Morgan fingerprint density at radius 1 is 0.667 bits per heavy atom. The second kappa shape index (κ2) is 6.97. The van der Waals surface area contributed by atoms with E-state index >= 15 is 0 Å². The molecule has 0 bridgehead atoms. The van der Waals surface area contributed by atoms with Gasteiger partial charge in [-0.2, -0.15) is 0 Å². The Morgan fingerprint density at radius 3 is 1.39 bits per heavy atom. The second-order valence-corrected chi connectivity index (χ2v) is 3.58. The molecule has 1 aliphatic carbocycles. The van der Waals surface area contributed by atoms with E-state index in [-0.39, 0.29) is 0 Å². The number of rotatable bonds is 0. The van der Waals surface area contributed by atoms with Gasteiger partial charge in [0.15, 0.2) is 0 Å². The van der Waals surface area contributed by atoms with Gasteiger partial charge >= 0.3 is 0 Å². The molecule has 1 N–H and O–H groups in total. The standard InChI is InChI=1S/C13H10O.2C2H6/c14-13-11-7-3-1-5-9(11)10-6-2-4-8-12(10)13;2*1-2/h1-8,13-14H;2*1-2H3. The van der Waals surface area contributed by atoms with Crippen LogP contribution in [0.15, 0.2) is 48.5 Å². The minimum atomic E-state index is -0.442. The minimum absolute atomic E-state index is 0.442. The molecular formula is C17H22O. The van der Waals surface area contributed by atoms with E-state index in [9.17, 15) is 5.11 Å². The van der Waals surface area contributed by atoms with Gasteiger partial charge < -0.3 is 5.11 Å². The van der Waals surface area contributed by atoms with Crippen LogP contribution in [0.2, 0.25) is 0 Å². The number of aliphatic hydroxyl groups excluding tert-OH is 1. The average Bonchev–Trinajstić information content (AvgIpc) is 2.78. The van der Waals surface area contributed by atoms with Gasteiger partial charge in [-0.3, -0.25) is 0 Å². The molecule has 96 valence electrons. The van der Waals surface area contributed by atoms with E-state index < -0.39 is 6.10 Å². The maximum absolute atomic E-state index is 10.0. The van der Waals surface area contributed by atoms with Gasteiger partial charge in [-0.15, -0.1) is 0 Å². The predicted octanol–water partition coefficient (Wildman–Crippen LogP) is 4.80. The monoisotopic (exact) mass is 242 g/mol. The summed E-state index contributed by atoms with van der Waals surface area (Å²) in [5.41, 5.74) is 4.37. The Balaban J connectivity index is 0.000000371. The zero-order valence-corrected chi connectivity index (χ0v) is 11.6. The van der Waals surface area contributed by atoms with Crippen LogP contribution in [-0.4, -0.2) is 5.11 Å². The largest absolute Gasteiger partial charge is 0.384 e. The highest BCUT2D eigenvalue weighted by Gasteiger charge is 2.25. The second-order valence-electron chi connectivity index (χ2n) is 3.58. The zero-order chi connectivity index (χ0) is 13.5. The van der Waals surface area contributed by atoms with Crippen molar-refractivity contribution in [1.82, 2.24) is 0 Å². The lowest BCUT2D eigenvalue weighted by Gasteiger charge is -2.03. The molecule has 0 unspecified atom stereocenters. The van der Waals surface area contributed by atoms with Crippen LogP contribution in [0.4, 0.5) is 0 Å². The van der Waals surface area contributed by atoms with Crippen molar-refractivity contribution in [3.63, 3.8) is 0 Å². The topological polar surface area (TPSA) is 20.2 Å². The van der Waals surface area contributed by atoms with Crippen LogP contribution in [0.1, 0.15) is 44.9 Å². The number of hydrogen-bond acceptors (Lipinski definition) is 1. The molecule has 0 saturated heterocycles. The molecule has 18 heavy (non-hydrogen) atoms. The maximum atomic E-state index is 10.0. The Labute approximate surface area is 110 Å². The molecule has 1 nitrogen and oxygen atoms in total. The van der Waals surface area contributed by atoms with E-state index in [0.29, 0.717) is 0 Å². The number of fused-ring (bicyclic) bond motifs is 3. The first-order valence-corrected chi connectivity index (χ1v) is 6.74. The Hall–Kier alpha value is -1.60. The first-order valence-electron chi connectivity index (χ1n) is 6.74. The van der Waals surface area contributed by atoms with Gasteiger partial charge in [0.2, 0.25) is 0 Å². The van der Waals surface area contributed by atoms with E-state index in [0.717, 1.165) is 22.3 Å². The smallest absolute Gasteiger partial charge is 0.105 e. The third kappa shape index (κ3) is 2.46. The summed E-state index contributed by atoms with van der Waals surface area (Å²) in [4.78, 5) is 0. The lowest BCUT2D eigenvalue weighted by molar-refractivity contribution is 0.225. The Kier molecular flexibility index (Phi) is 5.60. The van der Waals surface area contributed by atoms with Crippen LogP contribution in [-0.2, 0) is 0 Å². The molecule has 0 aliphatic heterocycles. The lowest BCUT2D eigenvalue weighted by Crippen LogP contribution is -1.92. The summed E-state index contributed by atoms with van der Waals surface area (Å²) in [6.45, 7) is 8.00. The van der Waals surface area contributed by atoms with Gasteiger partial charge in [-0.1, -0.05) is 76.2 Å². The predicted molar refractivity (Wildman–Crippen MR) is 78.6 cm³/mol. The fourth-order valence-electron chi connectivity index (χ4n) is 2.13. The number of aliphatic hydroxyl groups is 1. The van der Waals surface area contributed by atoms with Crippen molar-refractivity contribution in [3.8, 4) is 11.1 Å². The summed E-state index contributed by atoms with van der Waals surface area (Å²) in [5, 5.41) is 10.0. The van der Waals surface area contributed by atoms with Crippen LogP contribution >= 0.6 is 0 Å². The van der Waals surface area contributed by atoms with Crippen LogP contribution < -0.4 is 0 Å². The van der Waals surface area contributed by atoms with Crippen molar-refractivity contribution in [3.05, 3.63) is 59.7 Å². The van der Waals surface area contributed by atoms with E-state index in [2.05, 4.69) is 12.1 Å². The minimum Gasteiger partial charge on any atom is -0.384 e. The lowest BCUT2D eigenvalue weighted by atomic mass is 10.1. The zero-order valence-electron chi connectivity index (χ0n) is 11.6. The quantitative estimate of drug-likeness (QED) is 0.703. The molecular weight excluding hydrogens is 220 g/mol. The van der Waals surface area contributed by atoms with Crippen LogP contribution in [0.5, 0.6) is 0 Å². The molecule has 2 aromatic rings. The summed E-state index contributed by atoms with van der Waals surface area (Å²) < 4.78 is 0. The molecule has 0 saturated carbocycles. The van der Waals surface area contributed by atoms with Gasteiger partial charge in [-0.25, -0.2) is 0 Å². The molecule has 2 aromatic carbocycles. The van der Waals surface area contributed by atoms with Crippen molar-refractivity contribution < 1.29 is 5.11 Å². The van der Waals surface area contributed by atoms with Crippen LogP contribution in [0.3, 0.4) is 0 Å².